The Morgan fingerprint density at radius 2 is 2.14 bits per heavy atom. The maximum Gasteiger partial charge on any atom is 0.339 e. The molecule has 0 aliphatic carbocycles. The van der Waals surface area contributed by atoms with Crippen molar-refractivity contribution in [3.8, 4) is 6.07 Å². The molecule has 2 N–H and O–H groups in total. The zero-order chi connectivity index (χ0) is 10.1. The number of aromatic nitrogens is 1. The lowest BCUT2D eigenvalue weighted by Gasteiger charge is -1.90. The molecule has 1 aromatic carbocycles. The summed E-state index contributed by atoms with van der Waals surface area (Å²) in [6, 6.07) is 8.77. The van der Waals surface area contributed by atoms with Crippen molar-refractivity contribution in [2.45, 2.75) is 0 Å². The minimum absolute atomic E-state index is 0.0445. The Hall–Kier alpha value is -2.28. The predicted molar refractivity (Wildman–Crippen MR) is 50.0 cm³/mol. The number of hydrogen-bond donors (Lipinski definition) is 2. The Bertz CT molecular complexity index is 549. The number of rotatable bonds is 1. The van der Waals surface area contributed by atoms with E-state index in [0.29, 0.717) is 10.9 Å². The highest BCUT2D eigenvalue weighted by Gasteiger charge is 2.16. The van der Waals surface area contributed by atoms with Crippen LogP contribution in [0.1, 0.15) is 16.1 Å². The van der Waals surface area contributed by atoms with E-state index in [0.717, 1.165) is 0 Å². The average molecular weight is 186 g/mol. The van der Waals surface area contributed by atoms with Crippen molar-refractivity contribution < 1.29 is 9.90 Å². The minimum Gasteiger partial charge on any atom is -0.478 e. The van der Waals surface area contributed by atoms with Crippen molar-refractivity contribution in [3.05, 3.63) is 35.5 Å². The molecule has 0 atom stereocenters. The third-order valence-electron chi connectivity index (χ3n) is 2.03. The molecular weight excluding hydrogens is 180 g/mol. The predicted octanol–water partition coefficient (Wildman–Crippen LogP) is 1.74. The first-order valence-corrected chi connectivity index (χ1v) is 3.98. The van der Waals surface area contributed by atoms with E-state index in [2.05, 4.69) is 4.98 Å². The van der Waals surface area contributed by atoms with Gasteiger partial charge >= 0.3 is 5.97 Å². The van der Waals surface area contributed by atoms with Crippen LogP contribution in [0.15, 0.2) is 24.3 Å². The van der Waals surface area contributed by atoms with Crippen LogP contribution in [0.2, 0.25) is 0 Å². The van der Waals surface area contributed by atoms with Crippen LogP contribution in [0.4, 0.5) is 0 Å². The van der Waals surface area contributed by atoms with E-state index in [1.54, 1.807) is 24.3 Å². The average Bonchev–Trinajstić information content (AvgIpc) is 2.55. The van der Waals surface area contributed by atoms with Crippen LogP contribution in [0.5, 0.6) is 0 Å². The quantitative estimate of drug-likeness (QED) is 0.712. The standard InChI is InChI=1S/C10H6N2O2/c11-5-8-9(10(13)14)6-3-1-2-4-7(6)12-8/h1-4,12H,(H,13,14). The number of hydrogen-bond acceptors (Lipinski definition) is 2. The molecule has 1 aromatic heterocycles. The van der Waals surface area contributed by atoms with Gasteiger partial charge in [0.15, 0.2) is 0 Å². The monoisotopic (exact) mass is 186 g/mol. The van der Waals surface area contributed by atoms with Gasteiger partial charge in [0.2, 0.25) is 0 Å². The summed E-state index contributed by atoms with van der Waals surface area (Å²) < 4.78 is 0. The molecule has 68 valence electrons. The lowest BCUT2D eigenvalue weighted by Crippen LogP contribution is -1.97. The lowest BCUT2D eigenvalue weighted by atomic mass is 10.1. The summed E-state index contributed by atoms with van der Waals surface area (Å²) in [6.07, 6.45) is 0. The minimum atomic E-state index is -1.08. The molecule has 0 amide bonds. The van der Waals surface area contributed by atoms with E-state index in [1.807, 2.05) is 6.07 Å². The molecule has 4 heteroatoms. The molecule has 0 saturated carbocycles. The van der Waals surface area contributed by atoms with Crippen LogP contribution in [-0.4, -0.2) is 16.1 Å². The van der Waals surface area contributed by atoms with Crippen molar-refractivity contribution in [2.24, 2.45) is 0 Å². The number of nitriles is 1. The molecule has 0 unspecified atom stereocenters. The maximum atomic E-state index is 10.9. The first-order chi connectivity index (χ1) is 6.74. The van der Waals surface area contributed by atoms with E-state index in [4.69, 9.17) is 10.4 Å². The van der Waals surface area contributed by atoms with Gasteiger partial charge in [-0.1, -0.05) is 18.2 Å². The highest BCUT2D eigenvalue weighted by Crippen LogP contribution is 2.21. The summed E-state index contributed by atoms with van der Waals surface area (Å²) in [6.45, 7) is 0. The Morgan fingerprint density at radius 3 is 2.79 bits per heavy atom. The Kier molecular flexibility index (Phi) is 1.72. The van der Waals surface area contributed by atoms with Gasteiger partial charge < -0.3 is 10.1 Å². The number of nitrogens with one attached hydrogen (secondary N) is 1. The molecule has 14 heavy (non-hydrogen) atoms. The highest BCUT2D eigenvalue weighted by atomic mass is 16.4. The molecule has 0 radical (unpaired) electrons. The number of carboxylic acids is 1. The Balaban J connectivity index is 2.89. The van der Waals surface area contributed by atoms with Crippen LogP contribution in [0.25, 0.3) is 10.9 Å². The number of carboxylic acid groups (broad SMARTS) is 1. The smallest absolute Gasteiger partial charge is 0.339 e. The molecule has 0 spiro atoms. The van der Waals surface area contributed by atoms with Crippen LogP contribution in [0.3, 0.4) is 0 Å². The molecule has 0 aliphatic heterocycles. The number of fused-ring (bicyclic) bond motifs is 1. The van der Waals surface area contributed by atoms with Gasteiger partial charge in [-0.25, -0.2) is 4.79 Å². The van der Waals surface area contributed by atoms with E-state index < -0.39 is 5.97 Å². The van der Waals surface area contributed by atoms with Crippen molar-refractivity contribution in [3.63, 3.8) is 0 Å². The van der Waals surface area contributed by atoms with Gasteiger partial charge in [0.05, 0.1) is 0 Å². The fourth-order valence-electron chi connectivity index (χ4n) is 1.45. The first-order valence-electron chi connectivity index (χ1n) is 3.98. The van der Waals surface area contributed by atoms with E-state index in [-0.39, 0.29) is 11.3 Å². The van der Waals surface area contributed by atoms with Gasteiger partial charge in [-0.05, 0) is 6.07 Å². The van der Waals surface area contributed by atoms with E-state index >= 15 is 0 Å². The van der Waals surface area contributed by atoms with Crippen molar-refractivity contribution in [1.82, 2.24) is 4.98 Å². The van der Waals surface area contributed by atoms with Crippen LogP contribution in [0, 0.1) is 11.3 Å². The zero-order valence-corrected chi connectivity index (χ0v) is 7.11. The summed E-state index contributed by atoms with van der Waals surface area (Å²) >= 11 is 0. The molecule has 0 fully saturated rings. The normalized spacial score (nSPS) is 9.93. The second-order valence-electron chi connectivity index (χ2n) is 2.84. The maximum absolute atomic E-state index is 10.9. The Morgan fingerprint density at radius 1 is 1.43 bits per heavy atom. The van der Waals surface area contributed by atoms with Gasteiger partial charge in [-0.15, -0.1) is 0 Å². The molecule has 2 aromatic rings. The van der Waals surface area contributed by atoms with Gasteiger partial charge in [-0.2, -0.15) is 5.26 Å². The second kappa shape index (κ2) is 2.89. The number of benzene rings is 1. The number of carbonyl (C=O) groups is 1. The molecule has 0 saturated heterocycles. The zero-order valence-electron chi connectivity index (χ0n) is 7.11. The van der Waals surface area contributed by atoms with Crippen LogP contribution >= 0.6 is 0 Å². The lowest BCUT2D eigenvalue weighted by molar-refractivity contribution is 0.0699. The largest absolute Gasteiger partial charge is 0.478 e. The molecule has 1 heterocycles. The number of aromatic carboxylic acids is 1. The summed E-state index contributed by atoms with van der Waals surface area (Å²) in [5.74, 6) is -1.08. The fraction of sp³-hybridized carbons (Fsp3) is 0. The van der Waals surface area contributed by atoms with Crippen molar-refractivity contribution in [1.29, 1.82) is 5.26 Å². The summed E-state index contributed by atoms with van der Waals surface area (Å²) in [7, 11) is 0. The van der Waals surface area contributed by atoms with Crippen LogP contribution in [-0.2, 0) is 0 Å². The fourth-order valence-corrected chi connectivity index (χ4v) is 1.45. The number of aromatic amines is 1. The summed E-state index contributed by atoms with van der Waals surface area (Å²) in [5, 5.41) is 18.2. The third-order valence-corrected chi connectivity index (χ3v) is 2.03. The topological polar surface area (TPSA) is 76.9 Å². The number of nitrogens with zero attached hydrogens (tertiary/aromatic N) is 1. The van der Waals surface area contributed by atoms with Crippen LogP contribution < -0.4 is 0 Å². The molecular formula is C10H6N2O2. The molecule has 2 rings (SSSR count). The Labute approximate surface area is 79.4 Å². The first kappa shape index (κ1) is 8.32. The number of para-hydroxylation sites is 1. The number of H-pyrrole nitrogens is 1. The van der Waals surface area contributed by atoms with E-state index in [1.165, 1.54) is 0 Å². The van der Waals surface area contributed by atoms with Crippen molar-refractivity contribution in [2.75, 3.05) is 0 Å². The SMILES string of the molecule is N#Cc1[nH]c2ccccc2c1C(=O)O. The van der Waals surface area contributed by atoms with E-state index in [9.17, 15) is 4.79 Å². The van der Waals surface area contributed by atoms with Gasteiger partial charge in [-0.3, -0.25) is 0 Å². The van der Waals surface area contributed by atoms with Gasteiger partial charge in [0.25, 0.3) is 0 Å². The van der Waals surface area contributed by atoms with Gasteiger partial charge in [0, 0.05) is 10.9 Å². The highest BCUT2D eigenvalue weighted by molar-refractivity contribution is 6.05. The summed E-state index contributed by atoms with van der Waals surface area (Å²) in [5.41, 5.74) is 0.809. The van der Waals surface area contributed by atoms with Gasteiger partial charge in [0.1, 0.15) is 17.3 Å². The molecule has 0 bridgehead atoms. The second-order valence-corrected chi connectivity index (χ2v) is 2.84. The molecule has 4 nitrogen and oxygen atoms in total. The third kappa shape index (κ3) is 1.04. The summed E-state index contributed by atoms with van der Waals surface area (Å²) in [4.78, 5) is 13.6. The van der Waals surface area contributed by atoms with Crippen molar-refractivity contribution >= 4 is 16.9 Å². The molecule has 0 aliphatic rings.